The van der Waals surface area contributed by atoms with Crippen LogP contribution in [-0.4, -0.2) is 28.7 Å². The van der Waals surface area contributed by atoms with Crippen molar-refractivity contribution < 1.29 is 22.3 Å². The van der Waals surface area contributed by atoms with Crippen LogP contribution < -0.4 is 14.2 Å². The third-order valence-electron chi connectivity index (χ3n) is 2.70. The van der Waals surface area contributed by atoms with Crippen molar-refractivity contribution in [1.82, 2.24) is 4.72 Å². The van der Waals surface area contributed by atoms with Gasteiger partial charge >= 0.3 is 0 Å². The lowest BCUT2D eigenvalue weighted by Crippen LogP contribution is -2.32. The summed E-state index contributed by atoms with van der Waals surface area (Å²) in [7, 11) is -1.21. The lowest BCUT2D eigenvalue weighted by Gasteiger charge is -2.14. The Balaban J connectivity index is 3.27. The summed E-state index contributed by atoms with van der Waals surface area (Å²) in [5.41, 5.74) is 0. The molecule has 0 saturated carbocycles. The van der Waals surface area contributed by atoms with Crippen molar-refractivity contribution in [3.05, 3.63) is 17.9 Å². The Hall–Kier alpha value is -1.34. The molecule has 0 radical (unpaired) electrons. The number of benzene rings is 1. The molecule has 0 amide bonds. The van der Waals surface area contributed by atoms with Gasteiger partial charge in [0, 0.05) is 18.2 Å². The fourth-order valence-corrected chi connectivity index (χ4v) is 2.85. The third-order valence-corrected chi connectivity index (χ3v) is 4.30. The fraction of sp³-hybridized carbons (Fsp3) is 0.500. The van der Waals surface area contributed by atoms with Crippen molar-refractivity contribution in [2.24, 2.45) is 0 Å². The van der Waals surface area contributed by atoms with Crippen LogP contribution in [-0.2, 0) is 10.0 Å². The molecule has 108 valence electrons. The molecular weight excluding hydrogens is 273 g/mol. The van der Waals surface area contributed by atoms with E-state index in [-0.39, 0.29) is 17.5 Å². The first-order chi connectivity index (χ1) is 8.85. The SMILES string of the molecule is CC[C@@H](C)NS(=O)(=O)c1cc(OC)c(OC)cc1F. The summed E-state index contributed by atoms with van der Waals surface area (Å²) < 4.78 is 50.2. The number of hydrogen-bond acceptors (Lipinski definition) is 4. The fourth-order valence-electron chi connectivity index (χ4n) is 1.45. The normalized spacial score (nSPS) is 13.1. The number of rotatable bonds is 6. The third kappa shape index (κ3) is 3.57. The van der Waals surface area contributed by atoms with E-state index in [0.29, 0.717) is 6.42 Å². The van der Waals surface area contributed by atoms with E-state index in [2.05, 4.69) is 4.72 Å². The van der Waals surface area contributed by atoms with Crippen molar-refractivity contribution >= 4 is 10.0 Å². The quantitative estimate of drug-likeness (QED) is 0.869. The summed E-state index contributed by atoms with van der Waals surface area (Å²) in [5.74, 6) is -0.579. The van der Waals surface area contributed by atoms with Crippen LogP contribution in [0.2, 0.25) is 0 Å². The molecule has 0 saturated heterocycles. The molecule has 0 fully saturated rings. The van der Waals surface area contributed by atoms with Crippen LogP contribution in [0.3, 0.4) is 0 Å². The first kappa shape index (κ1) is 15.7. The molecule has 1 aromatic carbocycles. The average molecular weight is 291 g/mol. The Morgan fingerprint density at radius 2 is 1.79 bits per heavy atom. The van der Waals surface area contributed by atoms with E-state index in [1.807, 2.05) is 6.92 Å². The molecule has 1 rings (SSSR count). The minimum absolute atomic E-state index is 0.141. The summed E-state index contributed by atoms with van der Waals surface area (Å²) in [6.07, 6.45) is 0.605. The van der Waals surface area contributed by atoms with E-state index in [4.69, 9.17) is 9.47 Å². The minimum Gasteiger partial charge on any atom is -0.493 e. The largest absolute Gasteiger partial charge is 0.493 e. The van der Waals surface area contributed by atoms with Gasteiger partial charge in [0.15, 0.2) is 11.5 Å². The first-order valence-electron chi connectivity index (χ1n) is 5.79. The number of nitrogens with one attached hydrogen (secondary N) is 1. The molecule has 0 heterocycles. The van der Waals surface area contributed by atoms with Crippen molar-refractivity contribution in [1.29, 1.82) is 0 Å². The maximum absolute atomic E-state index is 13.8. The summed E-state index contributed by atoms with van der Waals surface area (Å²) >= 11 is 0. The standard InChI is InChI=1S/C12H18FNO4S/c1-5-8(2)14-19(15,16)12-7-11(18-4)10(17-3)6-9(12)13/h6-8,14H,5H2,1-4H3/t8-/m1/s1. The van der Waals surface area contributed by atoms with Crippen LogP contribution >= 0.6 is 0 Å². The average Bonchev–Trinajstić information content (AvgIpc) is 2.37. The second-order valence-corrected chi connectivity index (χ2v) is 5.75. The topological polar surface area (TPSA) is 64.6 Å². The molecular formula is C12H18FNO4S. The van der Waals surface area contributed by atoms with Crippen LogP contribution in [0.25, 0.3) is 0 Å². The van der Waals surface area contributed by atoms with Gasteiger partial charge in [0.05, 0.1) is 14.2 Å². The van der Waals surface area contributed by atoms with Crippen molar-refractivity contribution in [3.63, 3.8) is 0 Å². The Kier molecular flexibility index (Phi) is 5.13. The van der Waals surface area contributed by atoms with Gasteiger partial charge in [-0.15, -0.1) is 0 Å². The molecule has 5 nitrogen and oxygen atoms in total. The maximum atomic E-state index is 13.8. The zero-order chi connectivity index (χ0) is 14.6. The summed E-state index contributed by atoms with van der Waals surface area (Å²) in [5, 5.41) is 0. The van der Waals surface area contributed by atoms with Gasteiger partial charge in [-0.2, -0.15) is 0 Å². The molecule has 0 aliphatic carbocycles. The van der Waals surface area contributed by atoms with Gasteiger partial charge in [-0.1, -0.05) is 6.92 Å². The second kappa shape index (κ2) is 6.21. The van der Waals surface area contributed by atoms with Gasteiger partial charge in [0.1, 0.15) is 10.7 Å². The Labute approximate surface area is 112 Å². The molecule has 0 aliphatic rings. The van der Waals surface area contributed by atoms with Crippen LogP contribution in [0.4, 0.5) is 4.39 Å². The van der Waals surface area contributed by atoms with E-state index >= 15 is 0 Å². The van der Waals surface area contributed by atoms with Crippen LogP contribution in [0.5, 0.6) is 11.5 Å². The monoisotopic (exact) mass is 291 g/mol. The zero-order valence-electron chi connectivity index (χ0n) is 11.4. The lowest BCUT2D eigenvalue weighted by atomic mass is 10.3. The second-order valence-electron chi connectivity index (χ2n) is 4.07. The molecule has 0 spiro atoms. The molecule has 19 heavy (non-hydrogen) atoms. The van der Waals surface area contributed by atoms with E-state index in [9.17, 15) is 12.8 Å². The van der Waals surface area contributed by atoms with Crippen molar-refractivity contribution in [3.8, 4) is 11.5 Å². The Bertz CT molecular complexity index is 545. The highest BCUT2D eigenvalue weighted by Crippen LogP contribution is 2.31. The maximum Gasteiger partial charge on any atom is 0.243 e. The molecule has 0 aromatic heterocycles. The summed E-state index contributed by atoms with van der Waals surface area (Å²) in [4.78, 5) is -0.453. The summed E-state index contributed by atoms with van der Waals surface area (Å²) in [6.45, 7) is 3.54. The summed E-state index contributed by atoms with van der Waals surface area (Å²) in [6, 6.07) is 1.82. The number of methoxy groups -OCH3 is 2. The molecule has 7 heteroatoms. The van der Waals surface area contributed by atoms with E-state index in [1.165, 1.54) is 14.2 Å². The number of sulfonamides is 1. The molecule has 0 bridgehead atoms. The van der Waals surface area contributed by atoms with Gasteiger partial charge < -0.3 is 9.47 Å². The first-order valence-corrected chi connectivity index (χ1v) is 7.27. The lowest BCUT2D eigenvalue weighted by molar-refractivity contribution is 0.350. The highest BCUT2D eigenvalue weighted by molar-refractivity contribution is 7.89. The van der Waals surface area contributed by atoms with Crippen LogP contribution in [0, 0.1) is 5.82 Å². The van der Waals surface area contributed by atoms with Gasteiger partial charge in [0.25, 0.3) is 0 Å². The van der Waals surface area contributed by atoms with Gasteiger partial charge in [-0.05, 0) is 13.3 Å². The van der Waals surface area contributed by atoms with Crippen molar-refractivity contribution in [2.45, 2.75) is 31.2 Å². The predicted molar refractivity (Wildman–Crippen MR) is 69.6 cm³/mol. The van der Waals surface area contributed by atoms with E-state index in [0.717, 1.165) is 12.1 Å². The van der Waals surface area contributed by atoms with Crippen molar-refractivity contribution in [2.75, 3.05) is 14.2 Å². The smallest absolute Gasteiger partial charge is 0.243 e. The Morgan fingerprint density at radius 3 is 2.26 bits per heavy atom. The molecule has 1 atom stereocenters. The molecule has 0 unspecified atom stereocenters. The highest BCUT2D eigenvalue weighted by Gasteiger charge is 2.23. The van der Waals surface area contributed by atoms with Crippen LogP contribution in [0.1, 0.15) is 20.3 Å². The molecule has 1 N–H and O–H groups in total. The molecule has 1 aromatic rings. The van der Waals surface area contributed by atoms with Gasteiger partial charge in [-0.3, -0.25) is 0 Å². The predicted octanol–water partition coefficient (Wildman–Crippen LogP) is 1.92. The van der Waals surface area contributed by atoms with Gasteiger partial charge in [0.2, 0.25) is 10.0 Å². The van der Waals surface area contributed by atoms with E-state index < -0.39 is 20.7 Å². The van der Waals surface area contributed by atoms with Gasteiger partial charge in [-0.25, -0.2) is 17.5 Å². The van der Waals surface area contributed by atoms with Crippen LogP contribution in [0.15, 0.2) is 17.0 Å². The minimum atomic E-state index is -3.92. The Morgan fingerprint density at radius 1 is 1.26 bits per heavy atom. The number of hydrogen-bond donors (Lipinski definition) is 1. The highest BCUT2D eigenvalue weighted by atomic mass is 32.2. The molecule has 0 aliphatic heterocycles. The number of ether oxygens (including phenoxy) is 2. The zero-order valence-corrected chi connectivity index (χ0v) is 12.2. The number of halogens is 1. The van der Waals surface area contributed by atoms with E-state index in [1.54, 1.807) is 6.92 Å².